The van der Waals surface area contributed by atoms with Gasteiger partial charge in [0.25, 0.3) is 0 Å². The summed E-state index contributed by atoms with van der Waals surface area (Å²) in [5.74, 6) is 0. The molecule has 1 aromatic heterocycles. The van der Waals surface area contributed by atoms with Crippen molar-refractivity contribution < 1.29 is 0 Å². The predicted molar refractivity (Wildman–Crippen MR) is 28.9 cm³/mol. The van der Waals surface area contributed by atoms with E-state index in [1.54, 1.807) is 17.1 Å². The lowest BCUT2D eigenvalue weighted by Gasteiger charge is -2.00. The maximum absolute atomic E-state index is 5.42. The van der Waals surface area contributed by atoms with Crippen LogP contribution in [0.4, 0.5) is 0 Å². The van der Waals surface area contributed by atoms with Gasteiger partial charge in [-0.2, -0.15) is 0 Å². The highest BCUT2D eigenvalue weighted by molar-refractivity contribution is 4.65. The second kappa shape index (κ2) is 1.92. The van der Waals surface area contributed by atoms with Gasteiger partial charge in [-0.05, 0) is 6.92 Å². The minimum absolute atomic E-state index is 0.0718. The van der Waals surface area contributed by atoms with Gasteiger partial charge in [0.1, 0.15) is 0 Å². The second-order valence-electron chi connectivity index (χ2n) is 1.62. The van der Waals surface area contributed by atoms with Crippen molar-refractivity contribution in [2.75, 3.05) is 0 Å². The van der Waals surface area contributed by atoms with Crippen molar-refractivity contribution >= 4 is 0 Å². The van der Waals surface area contributed by atoms with E-state index in [0.717, 1.165) is 0 Å². The molecule has 0 aromatic carbocycles. The zero-order valence-electron chi connectivity index (χ0n) is 4.65. The van der Waals surface area contributed by atoms with Crippen LogP contribution in [0, 0.1) is 0 Å². The fraction of sp³-hybridized carbons (Fsp3) is 0.500. The third-order valence-corrected chi connectivity index (χ3v) is 0.858. The standard InChI is InChI=1S/C4H8N4/c1-4(5)8-3-2-6-7-8/h2-4H,5H2,1H3. The van der Waals surface area contributed by atoms with Gasteiger partial charge in [0.2, 0.25) is 0 Å². The first kappa shape index (κ1) is 5.24. The number of aromatic nitrogens is 3. The molecular weight excluding hydrogens is 104 g/mol. The van der Waals surface area contributed by atoms with E-state index in [-0.39, 0.29) is 6.17 Å². The monoisotopic (exact) mass is 112 g/mol. The molecule has 0 aliphatic heterocycles. The van der Waals surface area contributed by atoms with E-state index in [1.165, 1.54) is 0 Å². The number of rotatable bonds is 1. The Morgan fingerprint density at radius 1 is 1.75 bits per heavy atom. The molecule has 1 atom stereocenters. The lowest BCUT2D eigenvalue weighted by molar-refractivity contribution is 0.493. The molecule has 0 bridgehead atoms. The van der Waals surface area contributed by atoms with Crippen molar-refractivity contribution in [3.05, 3.63) is 12.4 Å². The third kappa shape index (κ3) is 0.840. The molecule has 4 nitrogen and oxygen atoms in total. The molecule has 2 N–H and O–H groups in total. The fourth-order valence-electron chi connectivity index (χ4n) is 0.435. The Kier molecular flexibility index (Phi) is 1.26. The van der Waals surface area contributed by atoms with Gasteiger partial charge < -0.3 is 5.73 Å². The Hall–Kier alpha value is -0.900. The first-order chi connectivity index (χ1) is 3.80. The highest BCUT2D eigenvalue weighted by Crippen LogP contribution is 1.88. The number of hydrogen-bond donors (Lipinski definition) is 1. The van der Waals surface area contributed by atoms with Crippen molar-refractivity contribution in [2.24, 2.45) is 5.73 Å². The first-order valence-electron chi connectivity index (χ1n) is 2.42. The average molecular weight is 112 g/mol. The van der Waals surface area contributed by atoms with Crippen molar-refractivity contribution in [3.63, 3.8) is 0 Å². The van der Waals surface area contributed by atoms with E-state index in [9.17, 15) is 0 Å². The van der Waals surface area contributed by atoms with E-state index in [0.29, 0.717) is 0 Å². The van der Waals surface area contributed by atoms with E-state index in [1.807, 2.05) is 6.92 Å². The van der Waals surface area contributed by atoms with Crippen LogP contribution in [-0.2, 0) is 0 Å². The second-order valence-corrected chi connectivity index (χ2v) is 1.62. The van der Waals surface area contributed by atoms with Crippen LogP contribution in [0.1, 0.15) is 13.1 Å². The van der Waals surface area contributed by atoms with Crippen molar-refractivity contribution in [1.82, 2.24) is 15.0 Å². The Bertz CT molecular complexity index is 143. The van der Waals surface area contributed by atoms with E-state index in [2.05, 4.69) is 10.3 Å². The van der Waals surface area contributed by atoms with Gasteiger partial charge in [-0.25, -0.2) is 4.68 Å². The van der Waals surface area contributed by atoms with Gasteiger partial charge >= 0.3 is 0 Å². The lowest BCUT2D eigenvalue weighted by atomic mass is 10.6. The summed E-state index contributed by atoms with van der Waals surface area (Å²) in [4.78, 5) is 0. The number of hydrogen-bond acceptors (Lipinski definition) is 3. The molecule has 1 rings (SSSR count). The van der Waals surface area contributed by atoms with Crippen molar-refractivity contribution in [2.45, 2.75) is 13.1 Å². The normalized spacial score (nSPS) is 13.8. The summed E-state index contributed by atoms with van der Waals surface area (Å²) in [6.07, 6.45) is 3.26. The molecule has 44 valence electrons. The van der Waals surface area contributed by atoms with Gasteiger partial charge in [-0.15, -0.1) is 5.10 Å². The Balaban J connectivity index is 2.77. The van der Waals surface area contributed by atoms with Crippen LogP contribution in [-0.4, -0.2) is 15.0 Å². The summed E-state index contributed by atoms with van der Waals surface area (Å²) in [5.41, 5.74) is 5.42. The first-order valence-corrected chi connectivity index (χ1v) is 2.42. The maximum Gasteiger partial charge on any atom is 0.0977 e. The van der Waals surface area contributed by atoms with Crippen LogP contribution < -0.4 is 5.73 Å². The summed E-state index contributed by atoms with van der Waals surface area (Å²) in [6.45, 7) is 1.84. The molecule has 8 heavy (non-hydrogen) atoms. The van der Waals surface area contributed by atoms with Crippen LogP contribution >= 0.6 is 0 Å². The molecule has 4 heteroatoms. The topological polar surface area (TPSA) is 56.7 Å². The zero-order chi connectivity index (χ0) is 5.98. The van der Waals surface area contributed by atoms with Crippen LogP contribution in [0.5, 0.6) is 0 Å². The summed E-state index contributed by atoms with van der Waals surface area (Å²) in [6, 6.07) is 0. The van der Waals surface area contributed by atoms with Gasteiger partial charge in [0.15, 0.2) is 0 Å². The number of nitrogens with two attached hydrogens (primary N) is 1. The minimum atomic E-state index is -0.0718. The van der Waals surface area contributed by atoms with Gasteiger partial charge in [-0.3, -0.25) is 0 Å². The molecule has 0 amide bonds. The van der Waals surface area contributed by atoms with Gasteiger partial charge in [-0.1, -0.05) is 5.21 Å². The quantitative estimate of drug-likeness (QED) is 0.545. The molecule has 0 saturated heterocycles. The Morgan fingerprint density at radius 2 is 2.50 bits per heavy atom. The maximum atomic E-state index is 5.42. The molecule has 0 radical (unpaired) electrons. The minimum Gasteiger partial charge on any atom is -0.310 e. The largest absolute Gasteiger partial charge is 0.310 e. The van der Waals surface area contributed by atoms with Gasteiger partial charge in [0, 0.05) is 6.20 Å². The smallest absolute Gasteiger partial charge is 0.0977 e. The Morgan fingerprint density at radius 3 is 2.75 bits per heavy atom. The molecule has 1 unspecified atom stereocenters. The third-order valence-electron chi connectivity index (χ3n) is 0.858. The fourth-order valence-corrected chi connectivity index (χ4v) is 0.435. The van der Waals surface area contributed by atoms with E-state index < -0.39 is 0 Å². The molecule has 1 aromatic rings. The van der Waals surface area contributed by atoms with Crippen molar-refractivity contribution in [3.8, 4) is 0 Å². The van der Waals surface area contributed by atoms with Gasteiger partial charge in [0.05, 0.1) is 12.4 Å². The molecule has 0 spiro atoms. The Labute approximate surface area is 47.3 Å². The van der Waals surface area contributed by atoms with Crippen LogP contribution in [0.3, 0.4) is 0 Å². The predicted octanol–water partition coefficient (Wildman–Crippen LogP) is -0.245. The van der Waals surface area contributed by atoms with Crippen molar-refractivity contribution in [1.29, 1.82) is 0 Å². The zero-order valence-corrected chi connectivity index (χ0v) is 4.65. The van der Waals surface area contributed by atoms with Crippen LogP contribution in [0.2, 0.25) is 0 Å². The SMILES string of the molecule is CC(N)n1ccnn1. The summed E-state index contributed by atoms with van der Waals surface area (Å²) >= 11 is 0. The molecule has 0 saturated carbocycles. The number of nitrogens with zero attached hydrogens (tertiary/aromatic N) is 3. The molecule has 0 fully saturated rings. The molecule has 1 heterocycles. The summed E-state index contributed by atoms with van der Waals surface area (Å²) < 4.78 is 1.58. The molecular formula is C4H8N4. The van der Waals surface area contributed by atoms with E-state index >= 15 is 0 Å². The lowest BCUT2D eigenvalue weighted by Crippen LogP contribution is -2.14. The summed E-state index contributed by atoms with van der Waals surface area (Å²) in [7, 11) is 0. The summed E-state index contributed by atoms with van der Waals surface area (Å²) in [5, 5.41) is 7.23. The molecule has 0 aliphatic carbocycles. The van der Waals surface area contributed by atoms with Crippen LogP contribution in [0.25, 0.3) is 0 Å². The van der Waals surface area contributed by atoms with Crippen LogP contribution in [0.15, 0.2) is 12.4 Å². The highest BCUT2D eigenvalue weighted by atomic mass is 15.4. The van der Waals surface area contributed by atoms with E-state index in [4.69, 9.17) is 5.73 Å². The highest BCUT2D eigenvalue weighted by Gasteiger charge is 1.92. The molecule has 0 aliphatic rings. The average Bonchev–Trinajstić information content (AvgIpc) is 2.12.